The average Bonchev–Trinajstić information content (AvgIpc) is 3.13. The summed E-state index contributed by atoms with van der Waals surface area (Å²) in [7, 11) is 0. The van der Waals surface area contributed by atoms with Gasteiger partial charge in [-0.05, 0) is 66.7 Å². The number of benzene rings is 2. The van der Waals surface area contributed by atoms with Crippen LogP contribution in [0.1, 0.15) is 21.9 Å². The number of furan rings is 1. The Morgan fingerprint density at radius 2 is 1.86 bits per heavy atom. The highest BCUT2D eigenvalue weighted by Gasteiger charge is 2.08. The molecule has 150 valence electrons. The van der Waals surface area contributed by atoms with Crippen LogP contribution in [0.3, 0.4) is 0 Å². The minimum Gasteiger partial charge on any atom is -0.484 e. The van der Waals surface area contributed by atoms with E-state index in [1.807, 2.05) is 0 Å². The van der Waals surface area contributed by atoms with Gasteiger partial charge in [-0.2, -0.15) is 8.78 Å². The van der Waals surface area contributed by atoms with Crippen LogP contribution >= 0.6 is 11.6 Å². The molecule has 29 heavy (non-hydrogen) atoms. The first-order chi connectivity index (χ1) is 13.9. The van der Waals surface area contributed by atoms with Gasteiger partial charge in [0, 0.05) is 5.56 Å². The molecule has 0 aliphatic heterocycles. The van der Waals surface area contributed by atoms with Crippen molar-refractivity contribution in [2.75, 3.05) is 0 Å². The number of hydrogen-bond acceptors (Lipinski definition) is 4. The molecule has 3 aromatic rings. The van der Waals surface area contributed by atoms with Gasteiger partial charge in [0.2, 0.25) is 0 Å². The SMILES string of the molecule is O=C(/C=C/c1ccc(COc2ccc(F)cc2Cl)o1)c1ccc(OC(F)F)cc1. The number of alkyl halides is 2. The largest absolute Gasteiger partial charge is 0.484 e. The van der Waals surface area contributed by atoms with Gasteiger partial charge in [-0.3, -0.25) is 4.79 Å². The molecule has 0 radical (unpaired) electrons. The van der Waals surface area contributed by atoms with E-state index in [4.69, 9.17) is 20.8 Å². The highest BCUT2D eigenvalue weighted by atomic mass is 35.5. The van der Waals surface area contributed by atoms with Gasteiger partial charge in [0.05, 0.1) is 5.02 Å². The molecule has 1 heterocycles. The van der Waals surface area contributed by atoms with Crippen molar-refractivity contribution >= 4 is 23.5 Å². The van der Waals surface area contributed by atoms with Crippen LogP contribution in [0.4, 0.5) is 13.2 Å². The maximum atomic E-state index is 13.0. The van der Waals surface area contributed by atoms with Crippen molar-refractivity contribution in [2.45, 2.75) is 13.2 Å². The molecule has 3 rings (SSSR count). The van der Waals surface area contributed by atoms with Gasteiger partial charge in [-0.1, -0.05) is 11.6 Å². The van der Waals surface area contributed by atoms with Gasteiger partial charge < -0.3 is 13.9 Å². The maximum absolute atomic E-state index is 13.0. The fraction of sp³-hybridized carbons (Fsp3) is 0.0952. The van der Waals surface area contributed by atoms with Crippen LogP contribution in [0.15, 0.2) is 65.1 Å². The predicted octanol–water partition coefficient (Wildman–Crippen LogP) is 6.15. The third-order valence-electron chi connectivity index (χ3n) is 3.71. The van der Waals surface area contributed by atoms with Crippen molar-refractivity contribution in [1.82, 2.24) is 0 Å². The van der Waals surface area contributed by atoms with Crippen LogP contribution in [-0.4, -0.2) is 12.4 Å². The second kappa shape index (κ2) is 9.34. The van der Waals surface area contributed by atoms with Crippen molar-refractivity contribution < 1.29 is 31.9 Å². The number of ether oxygens (including phenoxy) is 2. The summed E-state index contributed by atoms with van der Waals surface area (Å²) in [4.78, 5) is 12.1. The molecule has 0 N–H and O–H groups in total. The molecule has 0 saturated heterocycles. The van der Waals surface area contributed by atoms with Crippen LogP contribution in [-0.2, 0) is 6.61 Å². The summed E-state index contributed by atoms with van der Waals surface area (Å²) in [5, 5.41) is 0.146. The van der Waals surface area contributed by atoms with E-state index < -0.39 is 12.4 Å². The third-order valence-corrected chi connectivity index (χ3v) is 4.00. The van der Waals surface area contributed by atoms with Gasteiger partial charge in [0.1, 0.15) is 35.4 Å². The first-order valence-electron chi connectivity index (χ1n) is 8.34. The van der Waals surface area contributed by atoms with E-state index in [1.165, 1.54) is 48.6 Å². The topological polar surface area (TPSA) is 48.7 Å². The standard InChI is InChI=1S/C21H14ClF3O4/c22-18-11-14(23)3-10-20(18)27-12-17-7-6-15(28-17)8-9-19(26)13-1-4-16(5-2-13)29-21(24)25/h1-11,21H,12H2/b9-8+. The summed E-state index contributed by atoms with van der Waals surface area (Å²) >= 11 is 5.89. The van der Waals surface area contributed by atoms with Crippen LogP contribution in [0.5, 0.6) is 11.5 Å². The van der Waals surface area contributed by atoms with Gasteiger partial charge in [0.25, 0.3) is 0 Å². The molecular formula is C21H14ClF3O4. The summed E-state index contributed by atoms with van der Waals surface area (Å²) in [5.41, 5.74) is 0.309. The Hall–Kier alpha value is -3.19. The Kier molecular flexibility index (Phi) is 6.61. The zero-order valence-corrected chi connectivity index (χ0v) is 15.5. The molecule has 0 unspecified atom stereocenters. The summed E-state index contributed by atoms with van der Waals surface area (Å²) in [6, 6.07) is 12.5. The fourth-order valence-electron chi connectivity index (χ4n) is 2.36. The normalized spacial score (nSPS) is 11.2. The zero-order chi connectivity index (χ0) is 20.8. The highest BCUT2D eigenvalue weighted by molar-refractivity contribution is 6.32. The average molecular weight is 423 g/mol. The maximum Gasteiger partial charge on any atom is 0.387 e. The first-order valence-corrected chi connectivity index (χ1v) is 8.72. The van der Waals surface area contributed by atoms with E-state index >= 15 is 0 Å². The Balaban J connectivity index is 1.57. The number of allylic oxidation sites excluding steroid dienone is 1. The van der Waals surface area contributed by atoms with E-state index in [0.717, 1.165) is 6.07 Å². The molecule has 8 heteroatoms. The lowest BCUT2D eigenvalue weighted by Crippen LogP contribution is -2.02. The Bertz CT molecular complexity index is 1010. The summed E-state index contributed by atoms with van der Waals surface area (Å²) in [6.07, 6.45) is 2.77. The minimum atomic E-state index is -2.92. The van der Waals surface area contributed by atoms with Gasteiger partial charge >= 0.3 is 6.61 Å². The minimum absolute atomic E-state index is 0.0301. The fourth-order valence-corrected chi connectivity index (χ4v) is 2.58. The van der Waals surface area contributed by atoms with Crippen LogP contribution in [0.2, 0.25) is 5.02 Å². The number of hydrogen-bond donors (Lipinski definition) is 0. The van der Waals surface area contributed by atoms with Crippen molar-refractivity contribution in [3.8, 4) is 11.5 Å². The molecule has 0 atom stereocenters. The molecule has 0 aliphatic rings. The monoisotopic (exact) mass is 422 g/mol. The van der Waals surface area contributed by atoms with E-state index in [9.17, 15) is 18.0 Å². The van der Waals surface area contributed by atoms with Crippen LogP contribution < -0.4 is 9.47 Å². The smallest absolute Gasteiger partial charge is 0.387 e. The van der Waals surface area contributed by atoms with E-state index in [1.54, 1.807) is 12.1 Å². The number of halogens is 4. The number of carbonyl (C=O) groups is 1. The summed E-state index contributed by atoms with van der Waals surface area (Å²) in [6.45, 7) is -2.86. The molecule has 0 bridgehead atoms. The van der Waals surface area contributed by atoms with Gasteiger partial charge in [-0.15, -0.1) is 0 Å². The van der Waals surface area contributed by atoms with E-state index in [2.05, 4.69) is 4.74 Å². The van der Waals surface area contributed by atoms with Crippen molar-refractivity contribution in [3.63, 3.8) is 0 Å². The van der Waals surface area contributed by atoms with E-state index in [-0.39, 0.29) is 23.2 Å². The molecule has 0 fully saturated rings. The Labute approximate surface area is 169 Å². The van der Waals surface area contributed by atoms with Crippen molar-refractivity contribution in [2.24, 2.45) is 0 Å². The highest BCUT2D eigenvalue weighted by Crippen LogP contribution is 2.26. The predicted molar refractivity (Wildman–Crippen MR) is 101 cm³/mol. The van der Waals surface area contributed by atoms with Crippen LogP contribution in [0, 0.1) is 5.82 Å². The molecule has 4 nitrogen and oxygen atoms in total. The van der Waals surface area contributed by atoms with Crippen molar-refractivity contribution in [1.29, 1.82) is 0 Å². The Morgan fingerprint density at radius 3 is 2.55 bits per heavy atom. The zero-order valence-electron chi connectivity index (χ0n) is 14.8. The summed E-state index contributed by atoms with van der Waals surface area (Å²) < 4.78 is 52.5. The molecule has 0 aliphatic carbocycles. The lowest BCUT2D eigenvalue weighted by molar-refractivity contribution is -0.0498. The molecular weight excluding hydrogens is 409 g/mol. The summed E-state index contributed by atoms with van der Waals surface area (Å²) in [5.74, 6) is 0.383. The van der Waals surface area contributed by atoms with Crippen LogP contribution in [0.25, 0.3) is 6.08 Å². The van der Waals surface area contributed by atoms with Crippen molar-refractivity contribution in [3.05, 3.63) is 88.6 Å². The quantitative estimate of drug-likeness (QED) is 0.323. The lowest BCUT2D eigenvalue weighted by atomic mass is 10.1. The lowest BCUT2D eigenvalue weighted by Gasteiger charge is -2.06. The first kappa shape index (κ1) is 20.5. The second-order valence-electron chi connectivity index (χ2n) is 5.77. The number of ketones is 1. The van der Waals surface area contributed by atoms with Gasteiger partial charge in [-0.25, -0.2) is 4.39 Å². The van der Waals surface area contributed by atoms with Gasteiger partial charge in [0.15, 0.2) is 5.78 Å². The molecule has 0 spiro atoms. The second-order valence-corrected chi connectivity index (χ2v) is 6.18. The molecule has 0 saturated carbocycles. The van der Waals surface area contributed by atoms with E-state index in [0.29, 0.717) is 22.8 Å². The molecule has 2 aromatic carbocycles. The molecule has 0 amide bonds. The Morgan fingerprint density at radius 1 is 1.10 bits per heavy atom. The third kappa shape index (κ3) is 5.89. The number of rotatable bonds is 8. The number of carbonyl (C=O) groups excluding carboxylic acids is 1. The molecule has 1 aromatic heterocycles.